The second kappa shape index (κ2) is 4.37. The van der Waals surface area contributed by atoms with Gasteiger partial charge in [-0.3, -0.25) is 0 Å². The van der Waals surface area contributed by atoms with Crippen molar-refractivity contribution in [2.45, 2.75) is 19.3 Å². The highest BCUT2D eigenvalue weighted by molar-refractivity contribution is 5.34. The zero-order valence-corrected chi connectivity index (χ0v) is 8.15. The zero-order chi connectivity index (χ0) is 9.80. The van der Waals surface area contributed by atoms with Crippen molar-refractivity contribution in [3.05, 3.63) is 18.0 Å². The third kappa shape index (κ3) is 2.42. The Bertz CT molecular complexity index is 297. The summed E-state index contributed by atoms with van der Waals surface area (Å²) in [5, 5.41) is 7.88. The average Bonchev–Trinajstić information content (AvgIpc) is 2.19. The summed E-state index contributed by atoms with van der Waals surface area (Å²) >= 11 is 0. The molecule has 4 nitrogen and oxygen atoms in total. The number of hydrogen-bond acceptors (Lipinski definition) is 4. The molecule has 0 aliphatic carbocycles. The molecule has 0 radical (unpaired) electrons. The van der Waals surface area contributed by atoms with E-state index in [1.807, 2.05) is 6.07 Å². The Hall–Kier alpha value is -1.16. The molecule has 0 bridgehead atoms. The van der Waals surface area contributed by atoms with Crippen LogP contribution in [0.25, 0.3) is 0 Å². The van der Waals surface area contributed by atoms with Gasteiger partial charge in [0, 0.05) is 13.2 Å². The van der Waals surface area contributed by atoms with Gasteiger partial charge in [-0.2, -0.15) is 10.2 Å². The lowest BCUT2D eigenvalue weighted by Crippen LogP contribution is -2.19. The monoisotopic (exact) mass is 193 g/mol. The molecule has 14 heavy (non-hydrogen) atoms. The van der Waals surface area contributed by atoms with Crippen LogP contribution >= 0.6 is 0 Å². The number of nitrogens with two attached hydrogens (primary N) is 1. The Morgan fingerprint density at radius 3 is 3.21 bits per heavy atom. The summed E-state index contributed by atoms with van der Waals surface area (Å²) in [6.07, 6.45) is 4.87. The molecule has 0 aromatic carbocycles. The lowest BCUT2D eigenvalue weighted by atomic mass is 9.97. The molecule has 1 saturated heterocycles. The van der Waals surface area contributed by atoms with E-state index in [1.165, 1.54) is 6.42 Å². The zero-order valence-electron chi connectivity index (χ0n) is 8.15. The van der Waals surface area contributed by atoms with E-state index >= 15 is 0 Å². The molecule has 1 aliphatic rings. The molecule has 2 heterocycles. The van der Waals surface area contributed by atoms with E-state index < -0.39 is 0 Å². The van der Waals surface area contributed by atoms with Crippen molar-refractivity contribution in [1.29, 1.82) is 0 Å². The van der Waals surface area contributed by atoms with E-state index in [4.69, 9.17) is 10.5 Å². The van der Waals surface area contributed by atoms with Crippen LogP contribution in [-0.4, -0.2) is 23.4 Å². The van der Waals surface area contributed by atoms with Crippen LogP contribution in [0.5, 0.6) is 0 Å². The van der Waals surface area contributed by atoms with Gasteiger partial charge in [-0.25, -0.2) is 0 Å². The molecule has 1 aromatic rings. The van der Waals surface area contributed by atoms with Gasteiger partial charge in [-0.05, 0) is 31.2 Å². The first-order valence-corrected chi connectivity index (χ1v) is 4.99. The summed E-state index contributed by atoms with van der Waals surface area (Å²) in [5.74, 6) is 0.583. The van der Waals surface area contributed by atoms with Crippen LogP contribution in [-0.2, 0) is 11.2 Å². The molecule has 1 fully saturated rings. The third-order valence-electron chi connectivity index (χ3n) is 2.48. The van der Waals surface area contributed by atoms with Crippen LogP contribution in [0.15, 0.2) is 12.3 Å². The first kappa shape index (κ1) is 9.40. The van der Waals surface area contributed by atoms with Gasteiger partial charge < -0.3 is 10.5 Å². The lowest BCUT2D eigenvalue weighted by molar-refractivity contribution is 0.0546. The van der Waals surface area contributed by atoms with Crippen LogP contribution in [0, 0.1) is 5.92 Å². The second-order valence-electron chi connectivity index (χ2n) is 3.77. The predicted molar refractivity (Wildman–Crippen MR) is 53.7 cm³/mol. The van der Waals surface area contributed by atoms with E-state index in [1.54, 1.807) is 6.20 Å². The second-order valence-corrected chi connectivity index (χ2v) is 3.77. The van der Waals surface area contributed by atoms with E-state index in [2.05, 4.69) is 10.2 Å². The first-order chi connectivity index (χ1) is 6.84. The number of hydrogen-bond donors (Lipinski definition) is 1. The SMILES string of the molecule is Nc1cnnc(CC2CCCOC2)c1. The van der Waals surface area contributed by atoms with Crippen molar-refractivity contribution in [3.8, 4) is 0 Å². The van der Waals surface area contributed by atoms with Crippen LogP contribution in [0.3, 0.4) is 0 Å². The Kier molecular flexibility index (Phi) is 2.93. The minimum absolute atomic E-state index is 0.583. The van der Waals surface area contributed by atoms with E-state index in [0.717, 1.165) is 31.7 Å². The van der Waals surface area contributed by atoms with Crippen molar-refractivity contribution >= 4 is 5.69 Å². The molecule has 0 saturated carbocycles. The Labute approximate surface area is 83.5 Å². The number of rotatable bonds is 2. The van der Waals surface area contributed by atoms with Crippen molar-refractivity contribution in [1.82, 2.24) is 10.2 Å². The summed E-state index contributed by atoms with van der Waals surface area (Å²) in [7, 11) is 0. The van der Waals surface area contributed by atoms with Crippen LogP contribution in [0.1, 0.15) is 18.5 Å². The summed E-state index contributed by atoms with van der Waals surface area (Å²) in [6.45, 7) is 1.75. The fraction of sp³-hybridized carbons (Fsp3) is 0.600. The first-order valence-electron chi connectivity index (χ1n) is 4.99. The normalized spacial score (nSPS) is 22.1. The maximum absolute atomic E-state index is 5.63. The molecule has 1 aromatic heterocycles. The number of nitrogen functional groups attached to an aromatic ring is 1. The fourth-order valence-electron chi connectivity index (χ4n) is 1.79. The quantitative estimate of drug-likeness (QED) is 0.762. The van der Waals surface area contributed by atoms with Gasteiger partial charge in [0.05, 0.1) is 17.6 Å². The van der Waals surface area contributed by atoms with Gasteiger partial charge in [-0.15, -0.1) is 0 Å². The van der Waals surface area contributed by atoms with E-state index in [0.29, 0.717) is 11.6 Å². The molecule has 1 atom stereocenters. The summed E-state index contributed by atoms with van der Waals surface area (Å²) < 4.78 is 5.41. The summed E-state index contributed by atoms with van der Waals surface area (Å²) in [5.41, 5.74) is 7.29. The molecule has 4 heteroatoms. The van der Waals surface area contributed by atoms with Gasteiger partial charge in [-0.1, -0.05) is 0 Å². The standard InChI is InChI=1S/C10H15N3O/c11-9-5-10(13-12-6-9)4-8-2-1-3-14-7-8/h5-6,8H,1-4,7H2,(H2,11,13). The molecule has 0 spiro atoms. The molecular formula is C10H15N3O. The molecule has 1 aliphatic heterocycles. The van der Waals surface area contributed by atoms with Crippen LogP contribution in [0.2, 0.25) is 0 Å². The highest BCUT2D eigenvalue weighted by Crippen LogP contribution is 2.18. The molecule has 2 rings (SSSR count). The van der Waals surface area contributed by atoms with Crippen molar-refractivity contribution in [2.75, 3.05) is 18.9 Å². The molecular weight excluding hydrogens is 178 g/mol. The smallest absolute Gasteiger partial charge is 0.0726 e. The Morgan fingerprint density at radius 2 is 2.50 bits per heavy atom. The molecule has 76 valence electrons. The molecule has 2 N–H and O–H groups in total. The highest BCUT2D eigenvalue weighted by Gasteiger charge is 2.15. The number of ether oxygens (including phenoxy) is 1. The Balaban J connectivity index is 1.95. The summed E-state index contributed by atoms with van der Waals surface area (Å²) in [6, 6.07) is 1.89. The van der Waals surface area contributed by atoms with Gasteiger partial charge in [0.15, 0.2) is 0 Å². The highest BCUT2D eigenvalue weighted by atomic mass is 16.5. The van der Waals surface area contributed by atoms with Gasteiger partial charge in [0.25, 0.3) is 0 Å². The van der Waals surface area contributed by atoms with Gasteiger partial charge in [0.2, 0.25) is 0 Å². The topological polar surface area (TPSA) is 61.0 Å². The molecule has 0 amide bonds. The van der Waals surface area contributed by atoms with Crippen LogP contribution < -0.4 is 5.73 Å². The number of anilines is 1. The largest absolute Gasteiger partial charge is 0.397 e. The predicted octanol–water partition coefficient (Wildman–Crippen LogP) is 1.03. The minimum atomic E-state index is 0.583. The van der Waals surface area contributed by atoms with Crippen molar-refractivity contribution in [2.24, 2.45) is 5.92 Å². The maximum atomic E-state index is 5.63. The van der Waals surface area contributed by atoms with E-state index in [9.17, 15) is 0 Å². The average molecular weight is 193 g/mol. The van der Waals surface area contributed by atoms with Gasteiger partial charge in [0.1, 0.15) is 0 Å². The van der Waals surface area contributed by atoms with Crippen molar-refractivity contribution in [3.63, 3.8) is 0 Å². The maximum Gasteiger partial charge on any atom is 0.0726 e. The van der Waals surface area contributed by atoms with Crippen molar-refractivity contribution < 1.29 is 4.74 Å². The Morgan fingerprint density at radius 1 is 1.57 bits per heavy atom. The summed E-state index contributed by atoms with van der Waals surface area (Å²) in [4.78, 5) is 0. The fourth-order valence-corrected chi connectivity index (χ4v) is 1.79. The van der Waals surface area contributed by atoms with E-state index in [-0.39, 0.29) is 0 Å². The lowest BCUT2D eigenvalue weighted by Gasteiger charge is -2.21. The van der Waals surface area contributed by atoms with Crippen LogP contribution in [0.4, 0.5) is 5.69 Å². The molecule has 1 unspecified atom stereocenters. The third-order valence-corrected chi connectivity index (χ3v) is 2.48. The number of nitrogens with zero attached hydrogens (tertiary/aromatic N) is 2. The number of aromatic nitrogens is 2. The minimum Gasteiger partial charge on any atom is -0.397 e. The van der Waals surface area contributed by atoms with Gasteiger partial charge >= 0.3 is 0 Å².